The van der Waals surface area contributed by atoms with E-state index in [1.807, 2.05) is 35.7 Å². The number of nitrogens with one attached hydrogen (secondary N) is 1. The molecule has 0 radical (unpaired) electrons. The monoisotopic (exact) mass is 348 g/mol. The molecule has 0 fully saturated rings. The number of thiophene rings is 1. The van der Waals surface area contributed by atoms with Gasteiger partial charge in [-0.3, -0.25) is 4.79 Å². The third-order valence-electron chi connectivity index (χ3n) is 3.21. The quantitative estimate of drug-likeness (QED) is 0.840. The number of halogens is 1. The molecule has 20 heavy (non-hydrogen) atoms. The lowest BCUT2D eigenvalue weighted by atomic mass is 10.1. The molecule has 0 saturated carbocycles. The van der Waals surface area contributed by atoms with Gasteiger partial charge >= 0.3 is 0 Å². The van der Waals surface area contributed by atoms with E-state index in [0.717, 1.165) is 15.0 Å². The Morgan fingerprint density at radius 2 is 2.25 bits per heavy atom. The predicted octanol–water partition coefficient (Wildman–Crippen LogP) is 4.26. The molecule has 1 N–H and O–H groups in total. The second-order valence-electron chi connectivity index (χ2n) is 4.51. The van der Waals surface area contributed by atoms with Crippen molar-refractivity contribution in [1.29, 1.82) is 0 Å². The number of rotatable bonds is 3. The summed E-state index contributed by atoms with van der Waals surface area (Å²) < 4.78 is 1.03. The largest absolute Gasteiger partial charge is 0.360 e. The van der Waals surface area contributed by atoms with Crippen LogP contribution in [0.4, 0.5) is 5.69 Å². The number of amides is 1. The summed E-state index contributed by atoms with van der Waals surface area (Å²) in [4.78, 5) is 15.5. The van der Waals surface area contributed by atoms with Crippen molar-refractivity contribution in [3.63, 3.8) is 0 Å². The zero-order valence-electron chi connectivity index (χ0n) is 10.7. The summed E-state index contributed by atoms with van der Waals surface area (Å²) in [5.74, 6) is 0.0359. The Labute approximate surface area is 130 Å². The lowest BCUT2D eigenvalue weighted by molar-refractivity contribution is 0.0710. The number of carbonyl (C=O) groups is 1. The summed E-state index contributed by atoms with van der Waals surface area (Å²) in [7, 11) is 0. The minimum Gasteiger partial charge on any atom is -0.360 e. The fourth-order valence-corrected chi connectivity index (χ4v) is 3.82. The van der Waals surface area contributed by atoms with Crippen LogP contribution in [-0.2, 0) is 0 Å². The standard InChI is InChI=1S/C15H13BrN2OS/c1-2-7-18-14(13-8-10(16)9-20-13)17-12-6-4-3-5-11(12)15(18)19/h2-6,8-9,14,17H,1,7H2/t14-/m0/s1. The molecule has 0 saturated heterocycles. The summed E-state index contributed by atoms with van der Waals surface area (Å²) in [5.41, 5.74) is 1.59. The van der Waals surface area contributed by atoms with Crippen molar-refractivity contribution in [1.82, 2.24) is 4.90 Å². The Kier molecular flexibility index (Phi) is 3.63. The van der Waals surface area contributed by atoms with Crippen LogP contribution in [0.5, 0.6) is 0 Å². The van der Waals surface area contributed by atoms with E-state index in [9.17, 15) is 4.79 Å². The van der Waals surface area contributed by atoms with Crippen LogP contribution in [0.2, 0.25) is 0 Å². The van der Waals surface area contributed by atoms with Crippen molar-refractivity contribution >= 4 is 38.9 Å². The van der Waals surface area contributed by atoms with Gasteiger partial charge in [-0.15, -0.1) is 17.9 Å². The molecule has 1 aliphatic rings. The van der Waals surface area contributed by atoms with Crippen molar-refractivity contribution in [2.24, 2.45) is 0 Å². The number of para-hydroxylation sites is 1. The van der Waals surface area contributed by atoms with Crippen molar-refractivity contribution in [3.8, 4) is 0 Å². The molecule has 0 aliphatic carbocycles. The Morgan fingerprint density at radius 1 is 1.45 bits per heavy atom. The molecule has 1 amide bonds. The number of carbonyl (C=O) groups excluding carboxylic acids is 1. The number of anilines is 1. The molecule has 0 spiro atoms. The van der Waals surface area contributed by atoms with Gasteiger partial charge in [0.1, 0.15) is 6.17 Å². The van der Waals surface area contributed by atoms with Gasteiger partial charge in [0.25, 0.3) is 5.91 Å². The third kappa shape index (κ3) is 2.27. The van der Waals surface area contributed by atoms with Crippen LogP contribution < -0.4 is 5.32 Å². The molecule has 2 aromatic rings. The number of benzene rings is 1. The maximum Gasteiger partial charge on any atom is 0.258 e. The minimum atomic E-state index is -0.147. The van der Waals surface area contributed by atoms with Gasteiger partial charge in [-0.25, -0.2) is 0 Å². The maximum absolute atomic E-state index is 12.6. The highest BCUT2D eigenvalue weighted by atomic mass is 79.9. The Morgan fingerprint density at radius 3 is 2.95 bits per heavy atom. The van der Waals surface area contributed by atoms with Gasteiger partial charge in [0, 0.05) is 27.0 Å². The molecule has 2 heterocycles. The summed E-state index contributed by atoms with van der Waals surface area (Å²) >= 11 is 5.09. The van der Waals surface area contributed by atoms with Crippen LogP contribution in [0.1, 0.15) is 21.4 Å². The van der Waals surface area contributed by atoms with E-state index in [1.54, 1.807) is 22.3 Å². The van der Waals surface area contributed by atoms with E-state index < -0.39 is 0 Å². The van der Waals surface area contributed by atoms with Gasteiger partial charge in [-0.05, 0) is 34.1 Å². The molecule has 5 heteroatoms. The second-order valence-corrected chi connectivity index (χ2v) is 6.36. The second kappa shape index (κ2) is 5.42. The zero-order chi connectivity index (χ0) is 14.1. The lowest BCUT2D eigenvalue weighted by Crippen LogP contribution is -2.42. The highest BCUT2D eigenvalue weighted by Crippen LogP contribution is 2.36. The molecule has 1 aromatic heterocycles. The average molecular weight is 349 g/mol. The van der Waals surface area contributed by atoms with Gasteiger partial charge in [0.05, 0.1) is 5.56 Å². The van der Waals surface area contributed by atoms with Crippen LogP contribution >= 0.6 is 27.3 Å². The van der Waals surface area contributed by atoms with Crippen molar-refractivity contribution in [2.45, 2.75) is 6.17 Å². The van der Waals surface area contributed by atoms with Crippen molar-refractivity contribution < 1.29 is 4.79 Å². The summed E-state index contributed by atoms with van der Waals surface area (Å²) in [5, 5.41) is 5.46. The van der Waals surface area contributed by atoms with Crippen LogP contribution in [0, 0.1) is 0 Å². The zero-order valence-corrected chi connectivity index (χ0v) is 13.1. The summed E-state index contributed by atoms with van der Waals surface area (Å²) in [6.45, 7) is 4.27. The molecule has 3 nitrogen and oxygen atoms in total. The number of hydrogen-bond donors (Lipinski definition) is 1. The molecule has 102 valence electrons. The Balaban J connectivity index is 2.05. The molecular formula is C15H13BrN2OS. The van der Waals surface area contributed by atoms with E-state index in [1.165, 1.54) is 0 Å². The maximum atomic E-state index is 12.6. The van der Waals surface area contributed by atoms with E-state index in [2.05, 4.69) is 27.8 Å². The van der Waals surface area contributed by atoms with Gasteiger partial charge in [-0.1, -0.05) is 18.2 Å². The van der Waals surface area contributed by atoms with Gasteiger partial charge in [0.2, 0.25) is 0 Å². The van der Waals surface area contributed by atoms with Crippen molar-refractivity contribution in [2.75, 3.05) is 11.9 Å². The van der Waals surface area contributed by atoms with Gasteiger partial charge in [0.15, 0.2) is 0 Å². The number of fused-ring (bicyclic) bond motifs is 1. The molecule has 0 unspecified atom stereocenters. The first-order valence-corrected chi connectivity index (χ1v) is 7.89. The fraction of sp³-hybridized carbons (Fsp3) is 0.133. The molecule has 1 aromatic carbocycles. The predicted molar refractivity (Wildman–Crippen MR) is 86.1 cm³/mol. The molecule has 3 rings (SSSR count). The smallest absolute Gasteiger partial charge is 0.258 e. The van der Waals surface area contributed by atoms with Crippen LogP contribution in [0.3, 0.4) is 0 Å². The number of hydrogen-bond acceptors (Lipinski definition) is 3. The molecule has 1 atom stereocenters. The lowest BCUT2D eigenvalue weighted by Gasteiger charge is -2.36. The van der Waals surface area contributed by atoms with Crippen LogP contribution in [0.15, 0.2) is 52.8 Å². The van der Waals surface area contributed by atoms with Crippen LogP contribution in [-0.4, -0.2) is 17.4 Å². The molecule has 1 aliphatic heterocycles. The van der Waals surface area contributed by atoms with E-state index in [4.69, 9.17) is 0 Å². The highest BCUT2D eigenvalue weighted by Gasteiger charge is 2.32. The molecule has 0 bridgehead atoms. The SMILES string of the molecule is C=CCN1C(=O)c2ccccc2N[C@@H]1c1cc(Br)cs1. The van der Waals surface area contributed by atoms with E-state index in [0.29, 0.717) is 12.1 Å². The van der Waals surface area contributed by atoms with Gasteiger partial charge in [-0.2, -0.15) is 0 Å². The highest BCUT2D eigenvalue weighted by molar-refractivity contribution is 9.10. The normalized spacial score (nSPS) is 17.6. The Hall–Kier alpha value is -1.59. The first kappa shape index (κ1) is 13.4. The number of nitrogens with zero attached hydrogens (tertiary/aromatic N) is 1. The third-order valence-corrected chi connectivity index (χ3v) is 4.95. The van der Waals surface area contributed by atoms with Gasteiger partial charge < -0.3 is 10.2 Å². The Bertz CT molecular complexity index is 667. The topological polar surface area (TPSA) is 32.3 Å². The minimum absolute atomic E-state index is 0.0359. The van der Waals surface area contributed by atoms with Crippen LogP contribution in [0.25, 0.3) is 0 Å². The summed E-state index contributed by atoms with van der Waals surface area (Å²) in [6, 6.07) is 9.64. The average Bonchev–Trinajstić information content (AvgIpc) is 2.88. The first-order chi connectivity index (χ1) is 9.70. The molecular weight excluding hydrogens is 336 g/mol. The fourth-order valence-electron chi connectivity index (χ4n) is 2.32. The first-order valence-electron chi connectivity index (χ1n) is 6.22. The van der Waals surface area contributed by atoms with E-state index >= 15 is 0 Å². The summed E-state index contributed by atoms with van der Waals surface area (Å²) in [6.07, 6.45) is 1.61. The van der Waals surface area contributed by atoms with Crippen molar-refractivity contribution in [3.05, 3.63) is 63.3 Å². The van der Waals surface area contributed by atoms with E-state index in [-0.39, 0.29) is 12.1 Å².